The SMILES string of the molecule is C[C@H](Oc1cc(-c2cn(C)nn2)nc(-c2onc3c2CCC[C@@]32CCCCC2=O)n1)[C@@H]1CCCN1C. The lowest BCUT2D eigenvalue weighted by molar-refractivity contribution is -0.127. The van der Waals surface area contributed by atoms with Crippen LogP contribution in [-0.2, 0) is 23.7 Å². The number of Topliss-reactive ketones (excluding diaryl/α,β-unsaturated/α-hetero) is 1. The Morgan fingerprint density at radius 1 is 1.11 bits per heavy atom. The van der Waals surface area contributed by atoms with Crippen LogP contribution in [0.5, 0.6) is 5.88 Å². The molecule has 2 aliphatic carbocycles. The molecule has 36 heavy (non-hydrogen) atoms. The van der Waals surface area contributed by atoms with E-state index in [1.165, 1.54) is 6.42 Å². The molecule has 0 bridgehead atoms. The number of aromatic nitrogens is 6. The Morgan fingerprint density at radius 2 is 1.97 bits per heavy atom. The first-order chi connectivity index (χ1) is 17.4. The van der Waals surface area contributed by atoms with E-state index < -0.39 is 5.41 Å². The molecule has 3 aliphatic rings. The number of aryl methyl sites for hydroxylation is 1. The average molecular weight is 492 g/mol. The summed E-state index contributed by atoms with van der Waals surface area (Å²) < 4.78 is 13.9. The highest BCUT2D eigenvalue weighted by Crippen LogP contribution is 2.47. The maximum atomic E-state index is 13.1. The predicted molar refractivity (Wildman–Crippen MR) is 131 cm³/mol. The molecule has 1 saturated carbocycles. The number of carbonyl (C=O) groups excluding carboxylic acids is 1. The summed E-state index contributed by atoms with van der Waals surface area (Å²) in [5.74, 6) is 1.71. The Bertz CT molecular complexity index is 1280. The summed E-state index contributed by atoms with van der Waals surface area (Å²) in [6.07, 6.45) is 10.0. The maximum Gasteiger partial charge on any atom is 0.217 e. The third-order valence-corrected chi connectivity index (χ3v) is 8.26. The molecule has 1 aliphatic heterocycles. The highest BCUT2D eigenvalue weighted by atomic mass is 16.5. The highest BCUT2D eigenvalue weighted by molar-refractivity contribution is 5.91. The van der Waals surface area contributed by atoms with Crippen molar-refractivity contribution in [2.45, 2.75) is 82.3 Å². The van der Waals surface area contributed by atoms with Gasteiger partial charge >= 0.3 is 0 Å². The zero-order valence-corrected chi connectivity index (χ0v) is 21.2. The summed E-state index contributed by atoms with van der Waals surface area (Å²) in [7, 11) is 3.96. The molecule has 10 nitrogen and oxygen atoms in total. The van der Waals surface area contributed by atoms with Gasteiger partial charge in [0.05, 0.1) is 11.6 Å². The molecule has 0 N–H and O–H groups in total. The number of carbonyl (C=O) groups is 1. The van der Waals surface area contributed by atoms with Gasteiger partial charge in [-0.15, -0.1) is 5.10 Å². The van der Waals surface area contributed by atoms with Crippen LogP contribution in [0.25, 0.3) is 23.0 Å². The summed E-state index contributed by atoms with van der Waals surface area (Å²) in [4.78, 5) is 25.0. The Hall–Kier alpha value is -3.14. The molecule has 0 aromatic carbocycles. The standard InChI is InChI=1S/C26H33N7O3/c1-16(20-9-7-13-32(20)2)35-22-14-18(19-15-33(3)31-29-19)27-25(28-22)23-17-8-6-12-26(24(17)30-36-23)11-5-4-10-21(26)34/h14-16,20H,4-13H2,1-3H3/t16-,20-,26+/m0/s1. The van der Waals surface area contributed by atoms with E-state index in [1.54, 1.807) is 4.68 Å². The van der Waals surface area contributed by atoms with Crippen molar-refractivity contribution in [1.29, 1.82) is 0 Å². The van der Waals surface area contributed by atoms with Gasteiger partial charge < -0.3 is 9.26 Å². The van der Waals surface area contributed by atoms with Crippen molar-refractivity contribution in [3.05, 3.63) is 23.5 Å². The fourth-order valence-corrected chi connectivity index (χ4v) is 6.37. The molecule has 4 heterocycles. The van der Waals surface area contributed by atoms with E-state index in [-0.39, 0.29) is 6.10 Å². The second kappa shape index (κ2) is 9.06. The number of hydrogen-bond acceptors (Lipinski definition) is 9. The van der Waals surface area contributed by atoms with Gasteiger partial charge in [-0.2, -0.15) is 4.98 Å². The zero-order valence-electron chi connectivity index (χ0n) is 21.2. The van der Waals surface area contributed by atoms with Gasteiger partial charge in [0.25, 0.3) is 0 Å². The Balaban J connectivity index is 1.41. The fraction of sp³-hybridized carbons (Fsp3) is 0.615. The molecule has 3 atom stereocenters. The van der Waals surface area contributed by atoms with Crippen molar-refractivity contribution in [3.8, 4) is 28.9 Å². The lowest BCUT2D eigenvalue weighted by Crippen LogP contribution is -2.41. The van der Waals surface area contributed by atoms with Gasteiger partial charge in [-0.1, -0.05) is 16.8 Å². The zero-order chi connectivity index (χ0) is 24.9. The third-order valence-electron chi connectivity index (χ3n) is 8.26. The molecule has 3 aromatic rings. The van der Waals surface area contributed by atoms with Crippen LogP contribution in [0.4, 0.5) is 0 Å². The van der Waals surface area contributed by atoms with E-state index in [4.69, 9.17) is 19.2 Å². The van der Waals surface area contributed by atoms with E-state index in [2.05, 4.69) is 34.3 Å². The minimum absolute atomic E-state index is 0.0401. The number of nitrogens with zero attached hydrogens (tertiary/aromatic N) is 7. The normalized spacial score (nSPS) is 25.3. The van der Waals surface area contributed by atoms with Gasteiger partial charge in [-0.05, 0) is 65.5 Å². The second-order valence-electron chi connectivity index (χ2n) is 10.6. The summed E-state index contributed by atoms with van der Waals surface area (Å²) >= 11 is 0. The summed E-state index contributed by atoms with van der Waals surface area (Å²) in [5.41, 5.74) is 2.48. The number of fused-ring (bicyclic) bond motifs is 2. The van der Waals surface area contributed by atoms with E-state index in [9.17, 15) is 4.79 Å². The van der Waals surface area contributed by atoms with E-state index in [1.807, 2.05) is 19.3 Å². The van der Waals surface area contributed by atoms with Crippen LogP contribution in [-0.4, -0.2) is 66.5 Å². The van der Waals surface area contributed by atoms with Crippen LogP contribution in [0.1, 0.15) is 69.5 Å². The monoisotopic (exact) mass is 491 g/mol. The lowest BCUT2D eigenvalue weighted by Gasteiger charge is -2.37. The molecule has 1 spiro atoms. The van der Waals surface area contributed by atoms with Crippen LogP contribution in [0, 0.1) is 0 Å². The molecule has 3 aromatic heterocycles. The summed E-state index contributed by atoms with van der Waals surface area (Å²) in [6.45, 7) is 3.16. The average Bonchev–Trinajstić information content (AvgIpc) is 3.61. The van der Waals surface area contributed by atoms with Crippen molar-refractivity contribution >= 4 is 5.78 Å². The van der Waals surface area contributed by atoms with Crippen LogP contribution in [0.15, 0.2) is 16.8 Å². The molecule has 190 valence electrons. The molecular formula is C26H33N7O3. The Kier molecular flexibility index (Phi) is 5.86. The Morgan fingerprint density at radius 3 is 2.72 bits per heavy atom. The summed E-state index contributed by atoms with van der Waals surface area (Å²) in [6, 6.07) is 2.15. The fourth-order valence-electron chi connectivity index (χ4n) is 6.37. The van der Waals surface area contributed by atoms with Crippen LogP contribution >= 0.6 is 0 Å². The minimum Gasteiger partial charge on any atom is -0.473 e. The van der Waals surface area contributed by atoms with Crippen molar-refractivity contribution < 1.29 is 14.1 Å². The smallest absolute Gasteiger partial charge is 0.217 e. The van der Waals surface area contributed by atoms with E-state index >= 15 is 0 Å². The van der Waals surface area contributed by atoms with Crippen LogP contribution < -0.4 is 4.74 Å². The van der Waals surface area contributed by atoms with Gasteiger partial charge in [0, 0.05) is 31.1 Å². The van der Waals surface area contributed by atoms with Crippen molar-refractivity contribution in [2.24, 2.45) is 7.05 Å². The van der Waals surface area contributed by atoms with Gasteiger partial charge in [0.1, 0.15) is 29.0 Å². The van der Waals surface area contributed by atoms with Crippen LogP contribution in [0.3, 0.4) is 0 Å². The maximum absolute atomic E-state index is 13.1. The number of hydrogen-bond donors (Lipinski definition) is 0. The molecular weight excluding hydrogens is 458 g/mol. The molecule has 1 saturated heterocycles. The first kappa shape index (κ1) is 23.3. The molecule has 0 amide bonds. The Labute approximate surface area is 210 Å². The molecule has 10 heteroatoms. The van der Waals surface area contributed by atoms with Gasteiger partial charge in [0.2, 0.25) is 17.5 Å². The number of rotatable bonds is 5. The van der Waals surface area contributed by atoms with Gasteiger partial charge in [-0.25, -0.2) is 4.98 Å². The molecule has 0 radical (unpaired) electrons. The quantitative estimate of drug-likeness (QED) is 0.529. The molecule has 2 fully saturated rings. The van der Waals surface area contributed by atoms with Gasteiger partial charge in [-0.3, -0.25) is 14.4 Å². The van der Waals surface area contributed by atoms with Crippen molar-refractivity contribution in [2.75, 3.05) is 13.6 Å². The van der Waals surface area contributed by atoms with Crippen LogP contribution in [0.2, 0.25) is 0 Å². The van der Waals surface area contributed by atoms with Gasteiger partial charge in [0.15, 0.2) is 0 Å². The predicted octanol–water partition coefficient (Wildman–Crippen LogP) is 3.51. The largest absolute Gasteiger partial charge is 0.473 e. The van der Waals surface area contributed by atoms with E-state index in [0.717, 1.165) is 62.7 Å². The van der Waals surface area contributed by atoms with E-state index in [0.29, 0.717) is 47.1 Å². The first-order valence-electron chi connectivity index (χ1n) is 13.1. The first-order valence-corrected chi connectivity index (χ1v) is 13.1. The number of likely N-dealkylation sites (tertiary alicyclic amines) is 1. The molecule has 6 rings (SSSR count). The lowest BCUT2D eigenvalue weighted by atomic mass is 9.64. The topological polar surface area (TPSA) is 112 Å². The van der Waals surface area contributed by atoms with Crippen molar-refractivity contribution in [3.63, 3.8) is 0 Å². The molecule has 0 unspecified atom stereocenters. The number of ether oxygens (including phenoxy) is 1. The third kappa shape index (κ3) is 3.91. The summed E-state index contributed by atoms with van der Waals surface area (Å²) in [5, 5.41) is 12.8. The second-order valence-corrected chi connectivity index (χ2v) is 10.6. The number of ketones is 1. The highest BCUT2D eigenvalue weighted by Gasteiger charge is 2.48. The van der Waals surface area contributed by atoms with Crippen molar-refractivity contribution in [1.82, 2.24) is 35.0 Å². The number of likely N-dealkylation sites (N-methyl/N-ethyl adjacent to an activating group) is 1. The minimum atomic E-state index is -0.517.